The van der Waals surface area contributed by atoms with Crippen LogP contribution in [-0.4, -0.2) is 0 Å². The van der Waals surface area contributed by atoms with Gasteiger partial charge in [0, 0.05) is 33.0 Å². The van der Waals surface area contributed by atoms with Crippen LogP contribution in [0, 0.1) is 0 Å². The number of furan rings is 1. The monoisotopic (exact) mass is 693 g/mol. The van der Waals surface area contributed by atoms with Crippen molar-refractivity contribution in [2.24, 2.45) is 0 Å². The molecular formula is C52H39NO. The van der Waals surface area contributed by atoms with Gasteiger partial charge in [-0.1, -0.05) is 155 Å². The minimum Gasteiger partial charge on any atom is -0.455 e. The van der Waals surface area contributed by atoms with Gasteiger partial charge in [-0.25, -0.2) is 0 Å². The van der Waals surface area contributed by atoms with Gasteiger partial charge in [0.15, 0.2) is 0 Å². The van der Waals surface area contributed by atoms with E-state index in [1.54, 1.807) is 0 Å². The Bertz CT molecular complexity index is 3010. The molecule has 2 nitrogen and oxygen atoms in total. The van der Waals surface area contributed by atoms with Crippen molar-refractivity contribution in [1.29, 1.82) is 0 Å². The predicted octanol–water partition coefficient (Wildman–Crippen LogP) is 14.5. The Morgan fingerprint density at radius 2 is 1.02 bits per heavy atom. The fraction of sp³-hybridized carbons (Fsp3) is 0.115. The van der Waals surface area contributed by atoms with Crippen molar-refractivity contribution < 1.29 is 4.42 Å². The molecular weight excluding hydrogens is 655 g/mol. The molecule has 0 saturated carbocycles. The standard InChI is InChI=1S/C52H39NO/c1-51(2)42-23-11-8-19-39(42)48-43(51)24-14-25-45(48)53(33-27-28-37-36-18-7-10-22-41(36)52(3,4)44(37)31-33)46-30-29-38(35-21-13-16-32-15-5-6-17-34(32)35)50-49(46)40-20-9-12-26-47(40)54-50/h5-31H,1-4H3. The van der Waals surface area contributed by atoms with Gasteiger partial charge in [0.2, 0.25) is 0 Å². The highest BCUT2D eigenvalue weighted by atomic mass is 16.3. The van der Waals surface area contributed by atoms with E-state index in [9.17, 15) is 0 Å². The van der Waals surface area contributed by atoms with E-state index in [4.69, 9.17) is 4.42 Å². The van der Waals surface area contributed by atoms with E-state index in [0.717, 1.165) is 38.9 Å². The molecule has 2 aliphatic rings. The van der Waals surface area contributed by atoms with E-state index in [0.29, 0.717) is 0 Å². The van der Waals surface area contributed by atoms with Crippen LogP contribution in [-0.2, 0) is 10.8 Å². The first-order chi connectivity index (χ1) is 26.3. The third-order valence-corrected chi connectivity index (χ3v) is 12.5. The van der Waals surface area contributed by atoms with Gasteiger partial charge in [-0.15, -0.1) is 0 Å². The molecule has 1 aromatic heterocycles. The largest absolute Gasteiger partial charge is 0.455 e. The zero-order chi connectivity index (χ0) is 36.3. The lowest BCUT2D eigenvalue weighted by molar-refractivity contribution is 0.660. The van der Waals surface area contributed by atoms with E-state index >= 15 is 0 Å². The summed E-state index contributed by atoms with van der Waals surface area (Å²) in [5.74, 6) is 0. The Kier molecular flexibility index (Phi) is 6.39. The molecule has 0 fully saturated rings. The molecule has 0 saturated heterocycles. The Morgan fingerprint density at radius 3 is 1.87 bits per heavy atom. The summed E-state index contributed by atoms with van der Waals surface area (Å²) >= 11 is 0. The second-order valence-corrected chi connectivity index (χ2v) is 16.1. The number of fused-ring (bicyclic) bond motifs is 10. The highest BCUT2D eigenvalue weighted by Crippen LogP contribution is 2.57. The van der Waals surface area contributed by atoms with Crippen LogP contribution < -0.4 is 4.90 Å². The predicted molar refractivity (Wildman–Crippen MR) is 226 cm³/mol. The molecule has 2 heteroatoms. The first-order valence-electron chi connectivity index (χ1n) is 19.0. The van der Waals surface area contributed by atoms with E-state index in [1.165, 1.54) is 66.5 Å². The van der Waals surface area contributed by atoms with Crippen molar-refractivity contribution >= 4 is 49.8 Å². The fourth-order valence-corrected chi connectivity index (χ4v) is 9.83. The molecule has 11 rings (SSSR count). The van der Waals surface area contributed by atoms with Gasteiger partial charge in [-0.3, -0.25) is 0 Å². The molecule has 0 N–H and O–H groups in total. The molecule has 0 atom stereocenters. The zero-order valence-electron chi connectivity index (χ0n) is 30.9. The summed E-state index contributed by atoms with van der Waals surface area (Å²) < 4.78 is 6.95. The average molecular weight is 694 g/mol. The molecule has 0 spiro atoms. The minimum atomic E-state index is -0.142. The van der Waals surface area contributed by atoms with Crippen molar-refractivity contribution in [3.63, 3.8) is 0 Å². The topological polar surface area (TPSA) is 16.4 Å². The summed E-state index contributed by atoms with van der Waals surface area (Å²) in [4.78, 5) is 2.52. The van der Waals surface area contributed by atoms with Gasteiger partial charge in [-0.05, 0) is 91.7 Å². The molecule has 1 heterocycles. The van der Waals surface area contributed by atoms with Gasteiger partial charge < -0.3 is 9.32 Å². The summed E-state index contributed by atoms with van der Waals surface area (Å²) in [7, 11) is 0. The van der Waals surface area contributed by atoms with Crippen molar-refractivity contribution in [2.75, 3.05) is 4.90 Å². The first-order valence-corrected chi connectivity index (χ1v) is 19.0. The molecule has 0 radical (unpaired) electrons. The lowest BCUT2D eigenvalue weighted by atomic mass is 9.82. The van der Waals surface area contributed by atoms with Crippen molar-refractivity contribution in [1.82, 2.24) is 0 Å². The van der Waals surface area contributed by atoms with Crippen molar-refractivity contribution in [3.05, 3.63) is 186 Å². The van der Waals surface area contributed by atoms with Crippen LogP contribution in [0.2, 0.25) is 0 Å². The fourth-order valence-electron chi connectivity index (χ4n) is 9.83. The van der Waals surface area contributed by atoms with E-state index < -0.39 is 0 Å². The van der Waals surface area contributed by atoms with E-state index in [-0.39, 0.29) is 10.8 Å². The van der Waals surface area contributed by atoms with Gasteiger partial charge >= 0.3 is 0 Å². The van der Waals surface area contributed by atoms with Crippen LogP contribution in [0.15, 0.2) is 168 Å². The number of nitrogens with zero attached hydrogens (tertiary/aromatic N) is 1. The summed E-state index contributed by atoms with van der Waals surface area (Å²) in [5.41, 5.74) is 17.8. The van der Waals surface area contributed by atoms with Crippen LogP contribution in [0.4, 0.5) is 17.1 Å². The highest BCUT2D eigenvalue weighted by Gasteiger charge is 2.39. The molecule has 2 aliphatic carbocycles. The SMILES string of the molecule is CC1(C)c2ccccc2-c2ccc(N(c3cccc4c3-c3ccccc3C4(C)C)c3ccc(-c4cccc5ccccc45)c4oc5ccccc5c34)cc21. The number of para-hydroxylation sites is 1. The molecule has 9 aromatic rings. The molecule has 0 amide bonds. The summed E-state index contributed by atoms with van der Waals surface area (Å²) in [6, 6.07) is 60.2. The van der Waals surface area contributed by atoms with Crippen LogP contribution >= 0.6 is 0 Å². The van der Waals surface area contributed by atoms with E-state index in [2.05, 4.69) is 196 Å². The lowest BCUT2D eigenvalue weighted by Crippen LogP contribution is -2.17. The lowest BCUT2D eigenvalue weighted by Gasteiger charge is -2.31. The second-order valence-electron chi connectivity index (χ2n) is 16.1. The second kappa shape index (κ2) is 11.1. The number of rotatable bonds is 4. The third kappa shape index (κ3) is 4.17. The Hall–Kier alpha value is -6.38. The van der Waals surface area contributed by atoms with Gasteiger partial charge in [0.1, 0.15) is 11.2 Å². The normalized spacial score (nSPS) is 14.6. The Balaban J connectivity index is 1.25. The van der Waals surface area contributed by atoms with Crippen LogP contribution in [0.5, 0.6) is 0 Å². The Morgan fingerprint density at radius 1 is 0.426 bits per heavy atom. The smallest absolute Gasteiger partial charge is 0.145 e. The van der Waals surface area contributed by atoms with E-state index in [1.807, 2.05) is 0 Å². The molecule has 0 bridgehead atoms. The number of hydrogen-bond donors (Lipinski definition) is 0. The summed E-state index contributed by atoms with van der Waals surface area (Å²) in [6.07, 6.45) is 0. The number of benzene rings is 8. The molecule has 54 heavy (non-hydrogen) atoms. The first kappa shape index (κ1) is 31.2. The molecule has 0 aliphatic heterocycles. The maximum atomic E-state index is 6.95. The van der Waals surface area contributed by atoms with Gasteiger partial charge in [-0.2, -0.15) is 0 Å². The third-order valence-electron chi connectivity index (χ3n) is 12.5. The van der Waals surface area contributed by atoms with Crippen LogP contribution in [0.3, 0.4) is 0 Å². The van der Waals surface area contributed by atoms with Crippen molar-refractivity contribution in [3.8, 4) is 33.4 Å². The number of hydrogen-bond acceptors (Lipinski definition) is 2. The average Bonchev–Trinajstić information content (AvgIpc) is 3.79. The van der Waals surface area contributed by atoms with Crippen LogP contribution in [0.25, 0.3) is 66.1 Å². The molecule has 0 unspecified atom stereocenters. The Labute approximate surface area is 315 Å². The summed E-state index contributed by atoms with van der Waals surface area (Å²) in [6.45, 7) is 9.46. The minimum absolute atomic E-state index is 0.134. The summed E-state index contributed by atoms with van der Waals surface area (Å²) in [5, 5.41) is 4.65. The maximum absolute atomic E-state index is 6.95. The van der Waals surface area contributed by atoms with Gasteiger partial charge in [0.25, 0.3) is 0 Å². The van der Waals surface area contributed by atoms with Crippen molar-refractivity contribution in [2.45, 2.75) is 38.5 Å². The van der Waals surface area contributed by atoms with Gasteiger partial charge in [0.05, 0.1) is 16.8 Å². The molecule has 8 aromatic carbocycles. The quantitative estimate of drug-likeness (QED) is 0.182. The molecule has 258 valence electrons. The van der Waals surface area contributed by atoms with Crippen LogP contribution in [0.1, 0.15) is 49.9 Å². The number of anilines is 3. The highest BCUT2D eigenvalue weighted by molar-refractivity contribution is 6.19. The maximum Gasteiger partial charge on any atom is 0.145 e. The zero-order valence-corrected chi connectivity index (χ0v) is 30.9.